The van der Waals surface area contributed by atoms with Gasteiger partial charge in [0.15, 0.2) is 0 Å². The molecule has 2 aliphatic rings. The van der Waals surface area contributed by atoms with E-state index in [1.807, 2.05) is 0 Å². The number of aryl methyl sites for hydroxylation is 1. The number of hydrogen-bond donors (Lipinski definition) is 1. The van der Waals surface area contributed by atoms with Crippen molar-refractivity contribution < 1.29 is 9.53 Å². The zero-order chi connectivity index (χ0) is 16.4. The van der Waals surface area contributed by atoms with Gasteiger partial charge in [0.2, 0.25) is 5.91 Å². The zero-order valence-electron chi connectivity index (χ0n) is 13.7. The first-order valence-corrected chi connectivity index (χ1v) is 9.10. The lowest BCUT2D eigenvalue weighted by molar-refractivity contribution is -0.117. The molecule has 1 saturated heterocycles. The van der Waals surface area contributed by atoms with Crippen LogP contribution in [0.3, 0.4) is 0 Å². The monoisotopic (exact) mass is 333 g/mol. The smallest absolute Gasteiger partial charge is 0.226 e. The standard InChI is InChI=1S/C17H23N3O2S/c1-11-10-22-12(2)9-20(11)7-6-16(21)19-17-14(8-18)13-4-3-5-15(13)23-17/h11-12H,3-7,9-10H2,1-2H3,(H,19,21)/t11-,12-/m0/s1. The number of nitriles is 1. The highest BCUT2D eigenvalue weighted by Gasteiger charge is 2.25. The maximum atomic E-state index is 12.3. The van der Waals surface area contributed by atoms with Crippen LogP contribution < -0.4 is 5.32 Å². The molecule has 0 spiro atoms. The van der Waals surface area contributed by atoms with Crippen LogP contribution in [-0.2, 0) is 22.4 Å². The fourth-order valence-electron chi connectivity index (χ4n) is 3.33. The van der Waals surface area contributed by atoms with Crippen LogP contribution in [0.2, 0.25) is 0 Å². The number of carbonyl (C=O) groups excluding carboxylic acids is 1. The van der Waals surface area contributed by atoms with Gasteiger partial charge in [-0.05, 0) is 38.7 Å². The average molecular weight is 333 g/mol. The topological polar surface area (TPSA) is 65.4 Å². The van der Waals surface area contributed by atoms with Gasteiger partial charge in [0, 0.05) is 30.4 Å². The van der Waals surface area contributed by atoms with Crippen LogP contribution in [0.25, 0.3) is 0 Å². The predicted molar refractivity (Wildman–Crippen MR) is 90.8 cm³/mol. The number of rotatable bonds is 4. The SMILES string of the molecule is C[C@H]1CN(CCC(=O)Nc2sc3c(c2C#N)CCC3)[C@@H](C)CO1. The first kappa shape index (κ1) is 16.4. The summed E-state index contributed by atoms with van der Waals surface area (Å²) in [5, 5.41) is 13.1. The van der Waals surface area contributed by atoms with E-state index in [1.54, 1.807) is 11.3 Å². The molecule has 2 heterocycles. The van der Waals surface area contributed by atoms with Crippen molar-refractivity contribution in [3.05, 3.63) is 16.0 Å². The van der Waals surface area contributed by atoms with Gasteiger partial charge in [-0.15, -0.1) is 11.3 Å². The van der Waals surface area contributed by atoms with Crippen LogP contribution in [0, 0.1) is 11.3 Å². The molecule has 0 aromatic carbocycles. The molecule has 0 unspecified atom stereocenters. The molecular formula is C17H23N3O2S. The molecule has 6 heteroatoms. The largest absolute Gasteiger partial charge is 0.376 e. The molecular weight excluding hydrogens is 310 g/mol. The third-order valence-electron chi connectivity index (χ3n) is 4.65. The number of amides is 1. The van der Waals surface area contributed by atoms with Gasteiger partial charge in [-0.2, -0.15) is 5.26 Å². The van der Waals surface area contributed by atoms with E-state index in [9.17, 15) is 10.1 Å². The summed E-state index contributed by atoms with van der Waals surface area (Å²) in [7, 11) is 0. The second-order valence-corrected chi connectivity index (χ2v) is 7.56. The number of nitrogens with one attached hydrogen (secondary N) is 1. The van der Waals surface area contributed by atoms with E-state index in [1.165, 1.54) is 4.88 Å². The summed E-state index contributed by atoms with van der Waals surface area (Å²) in [4.78, 5) is 15.8. The minimum Gasteiger partial charge on any atom is -0.376 e. The molecule has 23 heavy (non-hydrogen) atoms. The molecule has 124 valence electrons. The Morgan fingerprint density at radius 1 is 1.48 bits per heavy atom. The van der Waals surface area contributed by atoms with Crippen molar-refractivity contribution in [3.63, 3.8) is 0 Å². The molecule has 1 fully saturated rings. The Morgan fingerprint density at radius 3 is 3.09 bits per heavy atom. The van der Waals surface area contributed by atoms with Gasteiger partial charge in [-0.3, -0.25) is 9.69 Å². The molecule has 1 N–H and O–H groups in total. The summed E-state index contributed by atoms with van der Waals surface area (Å²) in [6, 6.07) is 2.61. The highest BCUT2D eigenvalue weighted by atomic mass is 32.1. The second-order valence-electron chi connectivity index (χ2n) is 6.46. The second kappa shape index (κ2) is 7.00. The summed E-state index contributed by atoms with van der Waals surface area (Å²) in [6.07, 6.45) is 3.79. The summed E-state index contributed by atoms with van der Waals surface area (Å²) in [5.74, 6) is -0.00670. The molecule has 1 aliphatic heterocycles. The van der Waals surface area contributed by atoms with E-state index in [-0.39, 0.29) is 12.0 Å². The molecule has 2 atom stereocenters. The summed E-state index contributed by atoms with van der Waals surface area (Å²) in [5.41, 5.74) is 1.84. The van der Waals surface area contributed by atoms with Gasteiger partial charge in [0.1, 0.15) is 11.1 Å². The van der Waals surface area contributed by atoms with Gasteiger partial charge in [-0.1, -0.05) is 0 Å². The lowest BCUT2D eigenvalue weighted by Gasteiger charge is -2.36. The fourth-order valence-corrected chi connectivity index (χ4v) is 4.58. The molecule has 0 bridgehead atoms. The van der Waals surface area contributed by atoms with Crippen LogP contribution >= 0.6 is 11.3 Å². The molecule has 1 aromatic heterocycles. The van der Waals surface area contributed by atoms with Crippen molar-refractivity contribution >= 4 is 22.2 Å². The van der Waals surface area contributed by atoms with Gasteiger partial charge >= 0.3 is 0 Å². The minimum absolute atomic E-state index is 0.00670. The predicted octanol–water partition coefficient (Wildman–Crippen LogP) is 2.55. The van der Waals surface area contributed by atoms with E-state index < -0.39 is 0 Å². The molecule has 3 rings (SSSR count). The van der Waals surface area contributed by atoms with Gasteiger partial charge in [-0.25, -0.2) is 0 Å². The van der Waals surface area contributed by atoms with Gasteiger partial charge in [0.05, 0.1) is 18.3 Å². The van der Waals surface area contributed by atoms with E-state index in [0.717, 1.165) is 49.5 Å². The lowest BCUT2D eigenvalue weighted by Crippen LogP contribution is -2.48. The Morgan fingerprint density at radius 2 is 2.30 bits per heavy atom. The van der Waals surface area contributed by atoms with Crippen molar-refractivity contribution in [1.29, 1.82) is 5.26 Å². The van der Waals surface area contributed by atoms with E-state index in [4.69, 9.17) is 4.74 Å². The van der Waals surface area contributed by atoms with Crippen molar-refractivity contribution in [2.75, 3.05) is 25.0 Å². The Labute approximate surface area is 141 Å². The van der Waals surface area contributed by atoms with Crippen LogP contribution in [0.15, 0.2) is 0 Å². The van der Waals surface area contributed by atoms with E-state index >= 15 is 0 Å². The normalized spacial score (nSPS) is 24.2. The number of hydrogen-bond acceptors (Lipinski definition) is 5. The Kier molecular flexibility index (Phi) is 5.00. The molecule has 0 saturated carbocycles. The first-order valence-electron chi connectivity index (χ1n) is 8.28. The van der Waals surface area contributed by atoms with Crippen molar-refractivity contribution in [2.24, 2.45) is 0 Å². The number of thiophene rings is 1. The Balaban J connectivity index is 1.57. The maximum absolute atomic E-state index is 12.3. The van der Waals surface area contributed by atoms with Crippen LogP contribution in [0.5, 0.6) is 0 Å². The number of ether oxygens (including phenoxy) is 1. The minimum atomic E-state index is -0.00670. The van der Waals surface area contributed by atoms with Crippen molar-refractivity contribution in [2.45, 2.75) is 51.7 Å². The van der Waals surface area contributed by atoms with Gasteiger partial charge < -0.3 is 10.1 Å². The fraction of sp³-hybridized carbons (Fsp3) is 0.647. The molecule has 1 amide bonds. The molecule has 5 nitrogen and oxygen atoms in total. The molecule has 0 radical (unpaired) electrons. The van der Waals surface area contributed by atoms with Crippen molar-refractivity contribution in [1.82, 2.24) is 4.90 Å². The Bertz CT molecular complexity index is 635. The van der Waals surface area contributed by atoms with Crippen LogP contribution in [-0.4, -0.2) is 42.6 Å². The summed E-state index contributed by atoms with van der Waals surface area (Å²) >= 11 is 1.58. The van der Waals surface area contributed by atoms with E-state index in [0.29, 0.717) is 18.0 Å². The average Bonchev–Trinajstić information content (AvgIpc) is 3.08. The number of morpholine rings is 1. The summed E-state index contributed by atoms with van der Waals surface area (Å²) in [6.45, 7) is 6.50. The third kappa shape index (κ3) is 3.57. The lowest BCUT2D eigenvalue weighted by atomic mass is 10.1. The maximum Gasteiger partial charge on any atom is 0.226 e. The molecule has 1 aliphatic carbocycles. The number of anilines is 1. The quantitative estimate of drug-likeness (QED) is 0.919. The first-order chi connectivity index (χ1) is 11.1. The Hall–Kier alpha value is -1.42. The number of carbonyl (C=O) groups is 1. The van der Waals surface area contributed by atoms with E-state index in [2.05, 4.69) is 30.1 Å². The van der Waals surface area contributed by atoms with Crippen LogP contribution in [0.4, 0.5) is 5.00 Å². The zero-order valence-corrected chi connectivity index (χ0v) is 14.5. The highest BCUT2D eigenvalue weighted by Crippen LogP contribution is 2.38. The summed E-state index contributed by atoms with van der Waals surface area (Å²) < 4.78 is 5.61. The van der Waals surface area contributed by atoms with Crippen molar-refractivity contribution in [3.8, 4) is 6.07 Å². The van der Waals surface area contributed by atoms with Gasteiger partial charge in [0.25, 0.3) is 0 Å². The van der Waals surface area contributed by atoms with Crippen LogP contribution in [0.1, 0.15) is 42.7 Å². The highest BCUT2D eigenvalue weighted by molar-refractivity contribution is 7.16. The number of nitrogens with zero attached hydrogens (tertiary/aromatic N) is 2. The number of fused-ring (bicyclic) bond motifs is 1. The molecule has 1 aromatic rings. The third-order valence-corrected chi connectivity index (χ3v) is 5.86.